The van der Waals surface area contributed by atoms with E-state index in [-0.39, 0.29) is 138 Å². The molecule has 0 radical (unpaired) electrons. The first-order chi connectivity index (χ1) is 42.6. The Balaban J connectivity index is 0.000000145. The lowest BCUT2D eigenvalue weighted by Crippen LogP contribution is -2.34. The Kier molecular flexibility index (Phi) is 23.9. The normalized spacial score (nSPS) is 20.1. The predicted octanol–water partition coefficient (Wildman–Crippen LogP) is 15.1. The number of benzene rings is 6. The molecule has 12 rings (SSSR count). The fourth-order valence-corrected chi connectivity index (χ4v) is 13.8. The Morgan fingerprint density at radius 1 is 0.416 bits per heavy atom. The van der Waals surface area contributed by atoms with Crippen LogP contribution in [0, 0.1) is 49.4 Å². The lowest BCUT2D eigenvalue weighted by Gasteiger charge is -2.28. The topological polar surface area (TPSA) is 171 Å². The zero-order chi connectivity index (χ0) is 63.6. The molecule has 6 aromatic carbocycles. The van der Waals surface area contributed by atoms with Crippen molar-refractivity contribution in [3.8, 4) is 0 Å². The van der Waals surface area contributed by atoms with Gasteiger partial charge in [0.05, 0.1) is 32.1 Å². The first-order valence-corrected chi connectivity index (χ1v) is 31.5. The highest BCUT2D eigenvalue weighted by Gasteiger charge is 2.47. The maximum absolute atomic E-state index is 14.1. The van der Waals surface area contributed by atoms with Gasteiger partial charge in [0.1, 0.15) is 57.8 Å². The van der Waals surface area contributed by atoms with Crippen molar-refractivity contribution in [3.05, 3.63) is 214 Å². The number of carbonyl (C=O) groups excluding carboxylic acids is 10. The summed E-state index contributed by atoms with van der Waals surface area (Å²) >= 11 is 0. The smallest absolute Gasteiger partial charge is 0.276 e. The van der Waals surface area contributed by atoms with Gasteiger partial charge >= 0.3 is 0 Å². The molecule has 3 unspecified atom stereocenters. The van der Waals surface area contributed by atoms with Crippen molar-refractivity contribution >= 4 is 57.8 Å². The molecule has 6 aliphatic rings. The van der Waals surface area contributed by atoms with Crippen LogP contribution in [0.25, 0.3) is 0 Å². The molecule has 6 aromatic rings. The molecule has 0 aliphatic heterocycles. The Morgan fingerprint density at radius 2 is 0.775 bits per heavy atom. The van der Waals surface area contributed by atoms with Crippen LogP contribution < -0.4 is 0 Å². The molecule has 3 atom stereocenters. The van der Waals surface area contributed by atoms with Crippen molar-refractivity contribution < 1.29 is 56.7 Å². The zero-order valence-corrected chi connectivity index (χ0v) is 51.4. The fourth-order valence-electron chi connectivity index (χ4n) is 13.8. The molecule has 89 heavy (non-hydrogen) atoms. The largest absolute Gasteiger partial charge is 0.299 e. The van der Waals surface area contributed by atoms with Crippen LogP contribution in [0.1, 0.15) is 178 Å². The highest BCUT2D eigenvalue weighted by molar-refractivity contribution is 6.04. The van der Waals surface area contributed by atoms with E-state index in [1.165, 1.54) is 63.2 Å². The molecule has 464 valence electrons. The van der Waals surface area contributed by atoms with Crippen molar-refractivity contribution in [2.24, 2.45) is 35.5 Å². The monoisotopic (exact) mass is 1200 g/mol. The summed E-state index contributed by atoms with van der Waals surface area (Å²) in [6, 6.07) is 55.0. The van der Waals surface area contributed by atoms with E-state index in [1.807, 2.05) is 60.7 Å². The van der Waals surface area contributed by atoms with E-state index in [9.17, 15) is 56.7 Å². The average molecular weight is 1210 g/mol. The molecule has 6 aliphatic carbocycles. The van der Waals surface area contributed by atoms with Gasteiger partial charge in [0, 0.05) is 81.6 Å². The summed E-state index contributed by atoms with van der Waals surface area (Å²) in [5.41, 5.74) is 8.68. The summed E-state index contributed by atoms with van der Waals surface area (Å²) in [4.78, 5) is 114. The van der Waals surface area contributed by atoms with Crippen LogP contribution >= 0.6 is 0 Å². The van der Waals surface area contributed by atoms with E-state index >= 15 is 0 Å². The molecule has 0 bridgehead atoms. The second kappa shape index (κ2) is 31.9. The van der Waals surface area contributed by atoms with Crippen LogP contribution in [0.3, 0.4) is 0 Å². The number of ketones is 10. The van der Waals surface area contributed by atoms with Crippen molar-refractivity contribution in [2.75, 3.05) is 0 Å². The predicted molar refractivity (Wildman–Crippen MR) is 338 cm³/mol. The molecule has 6 saturated carbocycles. The van der Waals surface area contributed by atoms with E-state index in [0.717, 1.165) is 19.3 Å². The number of alkyl halides is 2. The second-order valence-corrected chi connectivity index (χ2v) is 25.7. The van der Waals surface area contributed by atoms with Crippen LogP contribution in [0.5, 0.6) is 0 Å². The van der Waals surface area contributed by atoms with Gasteiger partial charge in [-0.3, -0.25) is 47.9 Å². The van der Waals surface area contributed by atoms with Gasteiger partial charge < -0.3 is 0 Å². The van der Waals surface area contributed by atoms with Crippen molar-refractivity contribution in [1.29, 1.82) is 0 Å². The Hall–Kier alpha value is -8.12. The highest BCUT2D eigenvalue weighted by atomic mass is 19.3. The zero-order valence-electron chi connectivity index (χ0n) is 51.4. The van der Waals surface area contributed by atoms with Gasteiger partial charge in [-0.15, -0.1) is 0 Å². The molecular formula is C77H82F2O10. The summed E-state index contributed by atoms with van der Waals surface area (Å²) in [6.07, 6.45) is 7.44. The first-order valence-electron chi connectivity index (χ1n) is 31.5. The van der Waals surface area contributed by atoms with E-state index in [1.54, 1.807) is 6.07 Å². The number of rotatable bonds is 12. The number of hydrogen-bond acceptors (Lipinski definition) is 10. The standard InChI is InChI=1S/C20H20O2.C15H16O2.C15H18O2.C14H16O2.C13H12F2O2/c21-18-11-15(12-19(22)14-18)13-20(16-7-3-1-4-8-16)17-9-5-2-6-10-17;16-12-6-11(7-13(17)8-12)15-9-14(15)10-4-2-1-3-5-10;1-10-3-11(2)5-12(4-10)6-13-7-14(16)9-15(17)8-13;1-10(11-5-3-2-4-6-11)12-7-13(15)9-14(16)8-12;14-13(15,9-4-2-1-3-5-9)10-6-11(16)8-12(17)7-10/h1-10,15,20H,11-14H2;1-5,11,14-15H,6-9H2;3-5,13H,6-9H2,1-2H3;2-6,10,12H,7-9H2,1H3;1-5,10H,6-8H2. The summed E-state index contributed by atoms with van der Waals surface area (Å²) in [5.74, 6) is -1.63. The van der Waals surface area contributed by atoms with Crippen molar-refractivity contribution in [1.82, 2.24) is 0 Å². The average Bonchev–Trinajstić information content (AvgIpc) is 1.96. The van der Waals surface area contributed by atoms with Gasteiger partial charge in [0.15, 0.2) is 0 Å². The van der Waals surface area contributed by atoms with Crippen LogP contribution in [-0.4, -0.2) is 57.8 Å². The number of hydrogen-bond donors (Lipinski definition) is 0. The summed E-state index contributed by atoms with van der Waals surface area (Å²) in [6.45, 7) is 6.26. The molecule has 0 saturated heterocycles. The van der Waals surface area contributed by atoms with Gasteiger partial charge in [0.25, 0.3) is 5.92 Å². The third-order valence-corrected chi connectivity index (χ3v) is 18.1. The van der Waals surface area contributed by atoms with Gasteiger partial charge in [-0.1, -0.05) is 188 Å². The van der Waals surface area contributed by atoms with E-state index in [4.69, 9.17) is 0 Å². The van der Waals surface area contributed by atoms with Crippen LogP contribution in [-0.2, 0) is 60.3 Å². The van der Waals surface area contributed by atoms with Gasteiger partial charge in [-0.2, -0.15) is 0 Å². The summed E-state index contributed by atoms with van der Waals surface area (Å²) in [5, 5.41) is 0. The maximum Gasteiger partial charge on any atom is 0.276 e. The minimum absolute atomic E-state index is 0.0983. The molecule has 12 heteroatoms. The fraction of sp³-hybridized carbons (Fsp3) is 0.403. The van der Waals surface area contributed by atoms with E-state index < -0.39 is 11.8 Å². The van der Waals surface area contributed by atoms with Gasteiger partial charge in [0.2, 0.25) is 0 Å². The van der Waals surface area contributed by atoms with Crippen molar-refractivity contribution in [3.63, 3.8) is 0 Å². The Morgan fingerprint density at radius 3 is 1.21 bits per heavy atom. The van der Waals surface area contributed by atoms with Crippen LogP contribution in [0.2, 0.25) is 0 Å². The number of aryl methyl sites for hydroxylation is 2. The van der Waals surface area contributed by atoms with Crippen LogP contribution in [0.4, 0.5) is 8.78 Å². The molecule has 0 aromatic heterocycles. The lowest BCUT2D eigenvalue weighted by atomic mass is 9.77. The van der Waals surface area contributed by atoms with Crippen LogP contribution in [0.15, 0.2) is 170 Å². The highest BCUT2D eigenvalue weighted by Crippen LogP contribution is 2.54. The molecule has 10 nitrogen and oxygen atoms in total. The number of Topliss-reactive ketones (excluding diaryl/α,β-unsaturated/α-hetero) is 10. The maximum atomic E-state index is 14.1. The van der Waals surface area contributed by atoms with Gasteiger partial charge in [-0.25, -0.2) is 8.78 Å². The number of carbonyl (C=O) groups is 10. The third kappa shape index (κ3) is 20.5. The van der Waals surface area contributed by atoms with E-state index in [0.29, 0.717) is 69.1 Å². The quantitative estimate of drug-likeness (QED) is 0.107. The number of halogens is 2. The Labute approximate surface area is 522 Å². The molecule has 6 fully saturated rings. The second-order valence-electron chi connectivity index (χ2n) is 25.7. The molecule has 0 spiro atoms. The SMILES string of the molecule is CC(c1ccccc1)C1CC(=O)CC(=O)C1.Cc1cc(C)cc(CC2CC(=O)CC(=O)C2)c1.O=C1CC(=O)CC(C(F)(F)c2ccccc2)C1.O=C1CC(=O)CC(C2CC2c2ccccc2)C1.O=C1CC(=O)CC(CC(c2ccccc2)c2ccccc2)C1. The van der Waals surface area contributed by atoms with Gasteiger partial charge in [-0.05, 0) is 102 Å². The molecule has 0 N–H and O–H groups in total. The minimum Gasteiger partial charge on any atom is -0.299 e. The minimum atomic E-state index is -3.12. The molecule has 0 heterocycles. The third-order valence-electron chi connectivity index (χ3n) is 18.1. The summed E-state index contributed by atoms with van der Waals surface area (Å²) in [7, 11) is 0. The molecule has 0 amide bonds. The summed E-state index contributed by atoms with van der Waals surface area (Å²) < 4.78 is 28.2. The first kappa shape index (κ1) is 66.8. The lowest BCUT2D eigenvalue weighted by molar-refractivity contribution is -0.142. The Bertz CT molecular complexity index is 3310. The van der Waals surface area contributed by atoms with E-state index in [2.05, 4.69) is 99.6 Å². The molecular weight excluding hydrogens is 1120 g/mol. The van der Waals surface area contributed by atoms with Crippen molar-refractivity contribution in [2.45, 2.75) is 160 Å².